The van der Waals surface area contributed by atoms with E-state index in [0.29, 0.717) is 11.5 Å². The lowest BCUT2D eigenvalue weighted by atomic mass is 10.2. The third kappa shape index (κ3) is 1.96. The Morgan fingerprint density at radius 1 is 1.79 bits per heavy atom. The molecule has 4 heteroatoms. The molecular formula is C10H12O3S. The highest BCUT2D eigenvalue weighted by atomic mass is 32.1. The van der Waals surface area contributed by atoms with Crippen LogP contribution in [-0.2, 0) is 15.9 Å². The van der Waals surface area contributed by atoms with E-state index in [1.807, 2.05) is 11.4 Å². The van der Waals surface area contributed by atoms with Crippen molar-refractivity contribution in [3.8, 4) is 0 Å². The smallest absolute Gasteiger partial charge is 0.350 e. The van der Waals surface area contributed by atoms with Crippen molar-refractivity contribution in [3.05, 3.63) is 21.9 Å². The van der Waals surface area contributed by atoms with E-state index in [1.165, 1.54) is 16.9 Å². The van der Waals surface area contributed by atoms with Gasteiger partial charge in [0.1, 0.15) is 4.88 Å². The molecule has 1 aromatic rings. The topological polar surface area (TPSA) is 35.5 Å². The number of carbonyl (C=O) groups excluding carboxylic acids is 1. The zero-order valence-electron chi connectivity index (χ0n) is 7.99. The van der Waals surface area contributed by atoms with Crippen molar-refractivity contribution in [1.29, 1.82) is 0 Å². The molecule has 76 valence electrons. The molecule has 0 radical (unpaired) electrons. The Bertz CT molecular complexity index is 328. The molecule has 1 aromatic heterocycles. The highest BCUT2D eigenvalue weighted by Gasteiger charge is 2.23. The molecule has 0 spiro atoms. The SMILES string of the molecule is CCc1csc(C(=O)OC2CCO2)c1. The van der Waals surface area contributed by atoms with Gasteiger partial charge in [-0.25, -0.2) is 4.79 Å². The summed E-state index contributed by atoms with van der Waals surface area (Å²) in [6, 6.07) is 1.88. The second-order valence-corrected chi connectivity index (χ2v) is 4.08. The van der Waals surface area contributed by atoms with Crippen LogP contribution >= 0.6 is 11.3 Å². The van der Waals surface area contributed by atoms with Crippen molar-refractivity contribution in [2.24, 2.45) is 0 Å². The largest absolute Gasteiger partial charge is 0.431 e. The maximum atomic E-state index is 11.5. The van der Waals surface area contributed by atoms with Crippen molar-refractivity contribution in [3.63, 3.8) is 0 Å². The normalized spacial score (nSPS) is 20.2. The number of rotatable bonds is 3. The molecule has 0 N–H and O–H groups in total. The van der Waals surface area contributed by atoms with Crippen molar-refractivity contribution in [2.45, 2.75) is 26.1 Å². The average molecular weight is 212 g/mol. The Hall–Kier alpha value is -0.870. The Kier molecular flexibility index (Phi) is 2.84. The third-order valence-corrected chi connectivity index (χ3v) is 3.12. The van der Waals surface area contributed by atoms with Gasteiger partial charge in [0.05, 0.1) is 6.61 Å². The van der Waals surface area contributed by atoms with Crippen LogP contribution in [-0.4, -0.2) is 18.9 Å². The standard InChI is InChI=1S/C10H12O3S/c1-2-7-5-8(14-6-7)10(11)13-9-3-4-12-9/h5-6,9H,2-4H2,1H3. The van der Waals surface area contributed by atoms with E-state index in [-0.39, 0.29) is 12.3 Å². The second kappa shape index (κ2) is 4.11. The minimum absolute atomic E-state index is 0.264. The fourth-order valence-corrected chi connectivity index (χ4v) is 2.03. The van der Waals surface area contributed by atoms with E-state index >= 15 is 0 Å². The monoisotopic (exact) mass is 212 g/mol. The van der Waals surface area contributed by atoms with Crippen LogP contribution in [0, 0.1) is 0 Å². The number of esters is 1. The van der Waals surface area contributed by atoms with Crippen molar-refractivity contribution < 1.29 is 14.3 Å². The van der Waals surface area contributed by atoms with E-state index < -0.39 is 0 Å². The summed E-state index contributed by atoms with van der Waals surface area (Å²) in [6.07, 6.45) is 1.45. The van der Waals surface area contributed by atoms with Crippen LogP contribution < -0.4 is 0 Å². The summed E-state index contributed by atoms with van der Waals surface area (Å²) in [6.45, 7) is 2.76. The van der Waals surface area contributed by atoms with Gasteiger partial charge in [-0.3, -0.25) is 0 Å². The minimum atomic E-state index is -0.310. The fraction of sp³-hybridized carbons (Fsp3) is 0.500. The zero-order chi connectivity index (χ0) is 9.97. The van der Waals surface area contributed by atoms with E-state index in [1.54, 1.807) is 0 Å². The summed E-state index contributed by atoms with van der Waals surface area (Å²) in [5.41, 5.74) is 1.18. The summed E-state index contributed by atoms with van der Waals surface area (Å²) in [5.74, 6) is -0.264. The molecule has 0 bridgehead atoms. The lowest BCUT2D eigenvalue weighted by Gasteiger charge is -2.25. The molecule has 1 saturated heterocycles. The van der Waals surface area contributed by atoms with E-state index in [0.717, 1.165) is 12.8 Å². The zero-order valence-corrected chi connectivity index (χ0v) is 8.80. The molecular weight excluding hydrogens is 200 g/mol. The summed E-state index contributed by atoms with van der Waals surface area (Å²) < 4.78 is 10.1. The van der Waals surface area contributed by atoms with E-state index in [4.69, 9.17) is 9.47 Å². The molecule has 3 nitrogen and oxygen atoms in total. The van der Waals surface area contributed by atoms with Gasteiger partial charge >= 0.3 is 5.97 Å². The van der Waals surface area contributed by atoms with Crippen molar-refractivity contribution in [1.82, 2.24) is 0 Å². The molecule has 1 atom stereocenters. The van der Waals surface area contributed by atoms with Gasteiger partial charge in [-0.1, -0.05) is 6.92 Å². The summed E-state index contributed by atoms with van der Waals surface area (Å²) in [4.78, 5) is 12.1. The van der Waals surface area contributed by atoms with Crippen molar-refractivity contribution >= 4 is 17.3 Å². The lowest BCUT2D eigenvalue weighted by Crippen LogP contribution is -2.31. The van der Waals surface area contributed by atoms with Crippen LogP contribution in [0.4, 0.5) is 0 Å². The van der Waals surface area contributed by atoms with Crippen molar-refractivity contribution in [2.75, 3.05) is 6.61 Å². The van der Waals surface area contributed by atoms with E-state index in [9.17, 15) is 4.79 Å². The third-order valence-electron chi connectivity index (χ3n) is 2.16. The number of hydrogen-bond donors (Lipinski definition) is 0. The van der Waals surface area contributed by atoms with Crippen LogP contribution in [0.5, 0.6) is 0 Å². The fourth-order valence-electron chi connectivity index (χ4n) is 1.15. The quantitative estimate of drug-likeness (QED) is 0.721. The number of carbonyl (C=O) groups is 1. The second-order valence-electron chi connectivity index (χ2n) is 3.17. The molecule has 1 fully saturated rings. The van der Waals surface area contributed by atoms with Gasteiger partial charge in [-0.15, -0.1) is 11.3 Å². The first kappa shape index (κ1) is 9.68. The Labute approximate surface area is 86.6 Å². The number of aryl methyl sites for hydroxylation is 1. The van der Waals surface area contributed by atoms with Crippen LogP contribution in [0.15, 0.2) is 11.4 Å². The average Bonchev–Trinajstić information content (AvgIpc) is 2.59. The maximum absolute atomic E-state index is 11.5. The molecule has 1 unspecified atom stereocenters. The Morgan fingerprint density at radius 2 is 2.57 bits per heavy atom. The molecule has 0 aromatic carbocycles. The highest BCUT2D eigenvalue weighted by Crippen LogP contribution is 2.19. The predicted octanol–water partition coefficient (Wildman–Crippen LogP) is 2.21. The van der Waals surface area contributed by atoms with Gasteiger partial charge in [0.25, 0.3) is 0 Å². The predicted molar refractivity (Wildman–Crippen MR) is 53.5 cm³/mol. The van der Waals surface area contributed by atoms with E-state index in [2.05, 4.69) is 6.92 Å². The summed E-state index contributed by atoms with van der Waals surface area (Å²) in [7, 11) is 0. The number of thiophene rings is 1. The number of hydrogen-bond acceptors (Lipinski definition) is 4. The molecule has 1 aliphatic rings. The first-order valence-electron chi connectivity index (χ1n) is 4.69. The number of ether oxygens (including phenoxy) is 2. The van der Waals surface area contributed by atoms with Gasteiger partial charge in [0, 0.05) is 6.42 Å². The molecule has 0 aliphatic carbocycles. The van der Waals surface area contributed by atoms with Gasteiger partial charge < -0.3 is 9.47 Å². The van der Waals surface area contributed by atoms with Crippen LogP contribution in [0.3, 0.4) is 0 Å². The molecule has 2 rings (SSSR count). The van der Waals surface area contributed by atoms with Crippen LogP contribution in [0.2, 0.25) is 0 Å². The maximum Gasteiger partial charge on any atom is 0.350 e. The first-order valence-corrected chi connectivity index (χ1v) is 5.57. The lowest BCUT2D eigenvalue weighted by molar-refractivity contribution is -0.184. The van der Waals surface area contributed by atoms with Crippen LogP contribution in [0.1, 0.15) is 28.6 Å². The van der Waals surface area contributed by atoms with Gasteiger partial charge in [-0.2, -0.15) is 0 Å². The molecule has 1 aliphatic heterocycles. The molecule has 14 heavy (non-hydrogen) atoms. The minimum Gasteiger partial charge on any atom is -0.431 e. The molecule has 2 heterocycles. The highest BCUT2D eigenvalue weighted by molar-refractivity contribution is 7.12. The first-order chi connectivity index (χ1) is 6.79. The van der Waals surface area contributed by atoms with Gasteiger partial charge in [0.2, 0.25) is 6.29 Å². The Morgan fingerprint density at radius 3 is 3.07 bits per heavy atom. The summed E-state index contributed by atoms with van der Waals surface area (Å²) in [5, 5.41) is 1.98. The Balaban J connectivity index is 1.95. The van der Waals surface area contributed by atoms with Gasteiger partial charge in [0.15, 0.2) is 0 Å². The van der Waals surface area contributed by atoms with Gasteiger partial charge in [-0.05, 0) is 23.4 Å². The molecule has 0 amide bonds. The molecule has 0 saturated carbocycles. The van der Waals surface area contributed by atoms with Crippen LogP contribution in [0.25, 0.3) is 0 Å². The summed E-state index contributed by atoms with van der Waals surface area (Å²) >= 11 is 1.43.